The molecular weight excluding hydrogens is 836 g/mol. The molecule has 1 rings (SSSR count). The molecule has 0 spiro atoms. The van der Waals surface area contributed by atoms with Gasteiger partial charge in [-0.05, 0) is 12.8 Å². The quantitative estimate of drug-likeness (QED) is 0.0192. The second-order valence-corrected chi connectivity index (χ2v) is 20.5. The predicted octanol–water partition coefficient (Wildman–Crippen LogP) is 12.1. The highest BCUT2D eigenvalue weighted by molar-refractivity contribution is 7.47. The molecule has 1 aliphatic carbocycles. The number of esters is 1. The van der Waals surface area contributed by atoms with Crippen LogP contribution >= 0.6 is 7.82 Å². The summed E-state index contributed by atoms with van der Waals surface area (Å²) in [4.78, 5) is 23.2. The van der Waals surface area contributed by atoms with E-state index in [0.717, 1.165) is 38.5 Å². The minimum atomic E-state index is -5.01. The van der Waals surface area contributed by atoms with Crippen LogP contribution < -0.4 is 0 Å². The molecule has 0 radical (unpaired) electrons. The minimum Gasteiger partial charge on any atom is -0.457 e. The second-order valence-electron chi connectivity index (χ2n) is 19.1. The van der Waals surface area contributed by atoms with Crippen LogP contribution in [0.1, 0.15) is 258 Å². The number of carbonyl (C=O) groups is 1. The van der Waals surface area contributed by atoms with Gasteiger partial charge in [0, 0.05) is 13.0 Å². The number of phosphoric acid groups is 1. The topological polar surface area (TPSA) is 192 Å². The molecule has 0 heterocycles. The number of carbonyl (C=O) groups excluding carboxylic acids is 1. The van der Waals surface area contributed by atoms with Gasteiger partial charge in [0.2, 0.25) is 0 Å². The summed E-state index contributed by atoms with van der Waals surface area (Å²) in [5.41, 5.74) is 0. The molecule has 64 heavy (non-hydrogen) atoms. The first-order valence-electron chi connectivity index (χ1n) is 26.9. The fourth-order valence-electron chi connectivity index (χ4n) is 8.71. The van der Waals surface area contributed by atoms with E-state index < -0.39 is 63.1 Å². The zero-order valence-electron chi connectivity index (χ0n) is 41.1. The SMILES string of the molecule is CCCCCCCCCCCCCCCCCCCCCCCCCCOCC(COP(=O)(O)OC1C(O)C(O)C(O)C(O)C1O)OC(=O)CCCCCCCCCCCCCCC. The van der Waals surface area contributed by atoms with Gasteiger partial charge in [0.15, 0.2) is 0 Å². The molecule has 6 atom stereocenters. The number of hydrogen-bond acceptors (Lipinski definition) is 11. The molecule has 6 unspecified atom stereocenters. The number of unbranched alkanes of at least 4 members (excludes halogenated alkanes) is 35. The van der Waals surface area contributed by atoms with Crippen LogP contribution in [0.2, 0.25) is 0 Å². The summed E-state index contributed by atoms with van der Waals surface area (Å²) in [5, 5.41) is 50.3. The average molecular weight is 937 g/mol. The van der Waals surface area contributed by atoms with Crippen LogP contribution in [-0.4, -0.2) is 98.9 Å². The molecule has 13 heteroatoms. The van der Waals surface area contributed by atoms with Gasteiger partial charge in [0.05, 0.1) is 13.2 Å². The number of aliphatic hydroxyl groups excluding tert-OH is 5. The Morgan fingerprint density at radius 1 is 0.438 bits per heavy atom. The Morgan fingerprint density at radius 2 is 0.734 bits per heavy atom. The molecule has 12 nitrogen and oxygen atoms in total. The van der Waals surface area contributed by atoms with E-state index in [4.69, 9.17) is 18.5 Å². The van der Waals surface area contributed by atoms with Crippen LogP contribution in [0.25, 0.3) is 0 Å². The van der Waals surface area contributed by atoms with Crippen LogP contribution in [-0.2, 0) is 27.9 Å². The summed E-state index contributed by atoms with van der Waals surface area (Å²) in [6.45, 7) is 4.31. The smallest absolute Gasteiger partial charge is 0.457 e. The van der Waals surface area contributed by atoms with E-state index in [0.29, 0.717) is 13.0 Å². The van der Waals surface area contributed by atoms with Crippen LogP contribution in [0.5, 0.6) is 0 Å². The number of ether oxygens (including phenoxy) is 2. The van der Waals surface area contributed by atoms with E-state index in [9.17, 15) is 39.8 Å². The second kappa shape index (κ2) is 42.4. The fourth-order valence-corrected chi connectivity index (χ4v) is 9.68. The predicted molar refractivity (Wildman–Crippen MR) is 258 cm³/mol. The highest BCUT2D eigenvalue weighted by Gasteiger charge is 2.51. The van der Waals surface area contributed by atoms with Gasteiger partial charge in [-0.25, -0.2) is 4.57 Å². The number of hydrogen-bond donors (Lipinski definition) is 6. The van der Waals surface area contributed by atoms with E-state index in [-0.39, 0.29) is 13.0 Å². The third-order valence-corrected chi connectivity index (χ3v) is 14.0. The van der Waals surface area contributed by atoms with Crippen molar-refractivity contribution < 1.29 is 58.3 Å². The molecule has 1 saturated carbocycles. The van der Waals surface area contributed by atoms with Crippen molar-refractivity contribution in [2.24, 2.45) is 0 Å². The Hall–Kier alpha value is -0.660. The molecule has 0 amide bonds. The highest BCUT2D eigenvalue weighted by atomic mass is 31.2. The van der Waals surface area contributed by atoms with E-state index in [1.54, 1.807) is 0 Å². The molecule has 1 aliphatic rings. The first-order valence-corrected chi connectivity index (χ1v) is 28.4. The number of phosphoric ester groups is 1. The summed E-state index contributed by atoms with van der Waals surface area (Å²) in [6, 6.07) is 0. The van der Waals surface area contributed by atoms with Crippen molar-refractivity contribution in [2.75, 3.05) is 19.8 Å². The summed E-state index contributed by atoms with van der Waals surface area (Å²) < 4.78 is 34.3. The van der Waals surface area contributed by atoms with Gasteiger partial charge in [-0.2, -0.15) is 0 Å². The van der Waals surface area contributed by atoms with E-state index in [1.165, 1.54) is 193 Å². The Labute approximate surface area is 391 Å². The Morgan fingerprint density at radius 3 is 1.08 bits per heavy atom. The van der Waals surface area contributed by atoms with Gasteiger partial charge in [0.1, 0.15) is 42.7 Å². The first-order chi connectivity index (χ1) is 31.0. The molecule has 0 bridgehead atoms. The van der Waals surface area contributed by atoms with Crippen molar-refractivity contribution in [2.45, 2.75) is 301 Å². The maximum absolute atomic E-state index is 12.8. The molecule has 0 aromatic heterocycles. The number of aliphatic hydroxyl groups is 5. The van der Waals surface area contributed by atoms with Crippen LogP contribution in [0.3, 0.4) is 0 Å². The lowest BCUT2D eigenvalue weighted by molar-refractivity contribution is -0.220. The summed E-state index contributed by atoms with van der Waals surface area (Å²) in [5.74, 6) is -0.470. The molecule has 0 saturated heterocycles. The van der Waals surface area contributed by atoms with Crippen molar-refractivity contribution in [3.05, 3.63) is 0 Å². The zero-order chi connectivity index (χ0) is 46.9. The lowest BCUT2D eigenvalue weighted by atomic mass is 9.85. The largest absolute Gasteiger partial charge is 0.472 e. The molecule has 382 valence electrons. The molecule has 0 aliphatic heterocycles. The van der Waals surface area contributed by atoms with Crippen molar-refractivity contribution in [3.63, 3.8) is 0 Å². The van der Waals surface area contributed by atoms with Gasteiger partial charge in [0.25, 0.3) is 0 Å². The van der Waals surface area contributed by atoms with Gasteiger partial charge < -0.3 is 39.9 Å². The molecular formula is C51H101O12P. The van der Waals surface area contributed by atoms with Crippen molar-refractivity contribution in [3.8, 4) is 0 Å². The van der Waals surface area contributed by atoms with Crippen molar-refractivity contribution in [1.82, 2.24) is 0 Å². The Bertz CT molecular complexity index is 1070. The molecule has 0 aromatic carbocycles. The average Bonchev–Trinajstić information content (AvgIpc) is 3.28. The van der Waals surface area contributed by atoms with Crippen molar-refractivity contribution >= 4 is 13.8 Å². The van der Waals surface area contributed by atoms with Gasteiger partial charge >= 0.3 is 13.8 Å². The van der Waals surface area contributed by atoms with Gasteiger partial charge in [-0.3, -0.25) is 13.8 Å². The molecule has 0 aromatic rings. The fraction of sp³-hybridized carbons (Fsp3) is 0.980. The van der Waals surface area contributed by atoms with Gasteiger partial charge in [-0.15, -0.1) is 0 Å². The third-order valence-electron chi connectivity index (χ3n) is 13.0. The standard InChI is InChI=1S/C51H101O12P/c1-3-5-7-9-11-13-15-17-18-19-20-21-22-23-24-25-26-27-29-31-33-35-37-39-41-60-42-44(43-61-64(58,59)63-51-49(56)47(54)46(53)48(55)50(51)57)62-45(52)40-38-36-34-32-30-28-16-14-12-10-8-6-4-2/h44,46-51,53-57H,3-43H2,1-2H3,(H,58,59). The summed E-state index contributed by atoms with van der Waals surface area (Å²) in [6.07, 6.45) is 34.7. The highest BCUT2D eigenvalue weighted by Crippen LogP contribution is 2.47. The first kappa shape index (κ1) is 61.4. The van der Waals surface area contributed by atoms with Crippen LogP contribution in [0, 0.1) is 0 Å². The zero-order valence-corrected chi connectivity index (χ0v) is 42.0. The maximum Gasteiger partial charge on any atom is 0.472 e. The van der Waals surface area contributed by atoms with E-state index >= 15 is 0 Å². The van der Waals surface area contributed by atoms with Crippen molar-refractivity contribution in [1.29, 1.82) is 0 Å². The van der Waals surface area contributed by atoms with E-state index in [1.807, 2.05) is 0 Å². The third kappa shape index (κ3) is 33.8. The van der Waals surface area contributed by atoms with Crippen LogP contribution in [0.4, 0.5) is 0 Å². The monoisotopic (exact) mass is 937 g/mol. The lowest BCUT2D eigenvalue weighted by Crippen LogP contribution is -2.64. The normalized spacial score (nSPS) is 21.6. The summed E-state index contributed by atoms with van der Waals surface area (Å²) >= 11 is 0. The summed E-state index contributed by atoms with van der Waals surface area (Å²) in [7, 11) is -5.01. The van der Waals surface area contributed by atoms with Gasteiger partial charge in [-0.1, -0.05) is 239 Å². The lowest BCUT2D eigenvalue weighted by Gasteiger charge is -2.41. The van der Waals surface area contributed by atoms with E-state index in [2.05, 4.69) is 13.8 Å². The number of rotatable bonds is 47. The van der Waals surface area contributed by atoms with Crippen LogP contribution in [0.15, 0.2) is 0 Å². The Balaban J connectivity index is 2.25. The molecule has 6 N–H and O–H groups in total. The Kier molecular flexibility index (Phi) is 40.7. The molecule has 1 fully saturated rings. The maximum atomic E-state index is 12.8. The minimum absolute atomic E-state index is 0.0675.